The van der Waals surface area contributed by atoms with Crippen LogP contribution in [0.4, 0.5) is 0 Å². The maximum Gasteiger partial charge on any atom is 0.0705 e. The van der Waals surface area contributed by atoms with E-state index in [0.29, 0.717) is 0 Å². The Morgan fingerprint density at radius 2 is 1.31 bits per heavy atom. The number of rotatable bonds is 1. The van der Waals surface area contributed by atoms with E-state index in [4.69, 9.17) is 4.98 Å². The Labute approximate surface area is 156 Å². The molecule has 1 nitrogen and oxygen atoms in total. The molecule has 0 bridgehead atoms. The average Bonchev–Trinajstić information content (AvgIpc) is 2.65. The van der Waals surface area contributed by atoms with Crippen LogP contribution in [0.3, 0.4) is 0 Å². The average molecular weight is 339 g/mol. The van der Waals surface area contributed by atoms with Gasteiger partial charge in [0.05, 0.1) is 5.69 Å². The highest BCUT2D eigenvalue weighted by molar-refractivity contribution is 5.83. The molecule has 5 rings (SSSR count). The Bertz CT molecular complexity index is 973. The van der Waals surface area contributed by atoms with Crippen LogP contribution in [0.15, 0.2) is 48.7 Å². The van der Waals surface area contributed by atoms with Crippen LogP contribution in [0.25, 0.3) is 22.4 Å². The first-order chi connectivity index (χ1) is 12.5. The number of hydrogen-bond acceptors (Lipinski definition) is 1. The zero-order valence-electron chi connectivity index (χ0n) is 15.9. The number of aryl methyl sites for hydroxylation is 4. The number of nitrogens with zero attached hydrogens (tertiary/aromatic N) is 1. The Balaban J connectivity index is 1.68. The fraction of sp³-hybridized carbons (Fsp3) is 0.320. The molecule has 3 aromatic rings. The van der Waals surface area contributed by atoms with Crippen LogP contribution >= 0.6 is 0 Å². The molecule has 1 aromatic heterocycles. The highest BCUT2D eigenvalue weighted by Gasteiger charge is 2.26. The minimum absolute atomic E-state index is 0.147. The fourth-order valence-corrected chi connectivity index (χ4v) is 4.62. The number of benzene rings is 2. The zero-order valence-corrected chi connectivity index (χ0v) is 15.9. The Morgan fingerprint density at radius 3 is 1.92 bits per heavy atom. The normalized spacial score (nSPS) is 14.9. The predicted octanol–water partition coefficient (Wildman–Crippen LogP) is 5.91. The summed E-state index contributed by atoms with van der Waals surface area (Å²) in [5.74, 6) is 0. The Kier molecular flexibility index (Phi) is 3.37. The van der Waals surface area contributed by atoms with Gasteiger partial charge in [-0.25, -0.2) is 0 Å². The van der Waals surface area contributed by atoms with Gasteiger partial charge < -0.3 is 0 Å². The summed E-state index contributed by atoms with van der Waals surface area (Å²) in [5, 5.41) is 0. The van der Waals surface area contributed by atoms with Crippen molar-refractivity contribution in [2.45, 2.75) is 51.9 Å². The van der Waals surface area contributed by atoms with Crippen molar-refractivity contribution < 1.29 is 0 Å². The van der Waals surface area contributed by atoms with Crippen LogP contribution in [0, 0.1) is 0 Å². The van der Waals surface area contributed by atoms with Crippen LogP contribution in [0.5, 0.6) is 0 Å². The van der Waals surface area contributed by atoms with Gasteiger partial charge in [-0.3, -0.25) is 4.98 Å². The minimum Gasteiger partial charge on any atom is -0.256 e. The summed E-state index contributed by atoms with van der Waals surface area (Å²) in [6.07, 6.45) is 6.58. The summed E-state index contributed by atoms with van der Waals surface area (Å²) < 4.78 is 0. The van der Waals surface area contributed by atoms with Crippen molar-refractivity contribution in [2.24, 2.45) is 0 Å². The van der Waals surface area contributed by atoms with Crippen LogP contribution < -0.4 is 0 Å². The third-order valence-corrected chi connectivity index (χ3v) is 6.04. The lowest BCUT2D eigenvalue weighted by molar-refractivity contribution is 0.589. The molecule has 0 spiro atoms. The molecule has 1 heteroatoms. The molecule has 0 N–H and O–H groups in total. The van der Waals surface area contributed by atoms with E-state index in [9.17, 15) is 0 Å². The van der Waals surface area contributed by atoms with Crippen molar-refractivity contribution in [3.8, 4) is 22.4 Å². The standard InChI is InChI=1S/C25H25N/c1-25(2,3)21-11-12-26-22(15-21)20-13-18-9-7-16-5-4-6-17-8-10-19(14-20)24(18)23(16)17/h4-6,11-15H,7-10H2,1-3H3. The molecule has 0 saturated carbocycles. The van der Waals surface area contributed by atoms with Gasteiger partial charge in [-0.15, -0.1) is 0 Å². The van der Waals surface area contributed by atoms with Gasteiger partial charge in [0.2, 0.25) is 0 Å². The molecule has 0 saturated heterocycles. The molecule has 0 fully saturated rings. The molecule has 2 aromatic carbocycles. The lowest BCUT2D eigenvalue weighted by atomic mass is 9.74. The van der Waals surface area contributed by atoms with E-state index in [2.05, 4.69) is 63.2 Å². The molecule has 0 aliphatic heterocycles. The molecule has 0 atom stereocenters. The molecule has 130 valence electrons. The quantitative estimate of drug-likeness (QED) is 0.537. The van der Waals surface area contributed by atoms with Gasteiger partial charge in [0, 0.05) is 11.8 Å². The molecule has 0 amide bonds. The van der Waals surface area contributed by atoms with E-state index in [1.54, 1.807) is 0 Å². The predicted molar refractivity (Wildman–Crippen MR) is 109 cm³/mol. The van der Waals surface area contributed by atoms with E-state index in [1.807, 2.05) is 6.20 Å². The van der Waals surface area contributed by atoms with Gasteiger partial charge in [0.15, 0.2) is 0 Å². The minimum atomic E-state index is 0.147. The van der Waals surface area contributed by atoms with Crippen molar-refractivity contribution >= 4 is 0 Å². The van der Waals surface area contributed by atoms with Gasteiger partial charge in [0.25, 0.3) is 0 Å². The number of pyridine rings is 1. The van der Waals surface area contributed by atoms with Crippen molar-refractivity contribution in [2.75, 3.05) is 0 Å². The summed E-state index contributed by atoms with van der Waals surface area (Å²) >= 11 is 0. The van der Waals surface area contributed by atoms with E-state index < -0.39 is 0 Å². The van der Waals surface area contributed by atoms with E-state index in [0.717, 1.165) is 31.4 Å². The molecule has 1 heterocycles. The molecule has 2 aliphatic carbocycles. The fourth-order valence-electron chi connectivity index (χ4n) is 4.62. The third kappa shape index (κ3) is 2.41. The van der Waals surface area contributed by atoms with Crippen LogP contribution in [-0.4, -0.2) is 4.98 Å². The maximum atomic E-state index is 4.71. The van der Waals surface area contributed by atoms with Gasteiger partial charge >= 0.3 is 0 Å². The maximum absolute atomic E-state index is 4.71. The summed E-state index contributed by atoms with van der Waals surface area (Å²) in [6.45, 7) is 6.80. The summed E-state index contributed by atoms with van der Waals surface area (Å²) in [6, 6.07) is 16.1. The highest BCUT2D eigenvalue weighted by atomic mass is 14.7. The molecule has 2 aliphatic rings. The Hall–Kier alpha value is -2.41. The molecule has 0 unspecified atom stereocenters. The second-order valence-corrected chi connectivity index (χ2v) is 8.80. The molecular weight excluding hydrogens is 314 g/mol. The van der Waals surface area contributed by atoms with Gasteiger partial charge in [-0.05, 0) is 94.3 Å². The second-order valence-electron chi connectivity index (χ2n) is 8.80. The lowest BCUT2D eigenvalue weighted by Crippen LogP contribution is -2.14. The summed E-state index contributed by atoms with van der Waals surface area (Å²) in [5.41, 5.74) is 13.1. The van der Waals surface area contributed by atoms with E-state index in [1.165, 1.54) is 44.5 Å². The third-order valence-electron chi connectivity index (χ3n) is 6.04. The van der Waals surface area contributed by atoms with Gasteiger partial charge in [0.1, 0.15) is 0 Å². The van der Waals surface area contributed by atoms with Gasteiger partial charge in [-0.2, -0.15) is 0 Å². The first kappa shape index (κ1) is 15.8. The topological polar surface area (TPSA) is 12.9 Å². The SMILES string of the molecule is CC(C)(C)c1ccnc(-c2cc3c4c(c2)CCc2cccc(c2-4)CC3)c1. The number of hydrogen-bond donors (Lipinski definition) is 0. The first-order valence-electron chi connectivity index (χ1n) is 9.74. The van der Waals surface area contributed by atoms with Crippen LogP contribution in [0.2, 0.25) is 0 Å². The molecule has 0 radical (unpaired) electrons. The zero-order chi connectivity index (χ0) is 17.9. The first-order valence-corrected chi connectivity index (χ1v) is 9.74. The second kappa shape index (κ2) is 5.54. The number of aromatic nitrogens is 1. The smallest absolute Gasteiger partial charge is 0.0705 e. The summed E-state index contributed by atoms with van der Waals surface area (Å²) in [4.78, 5) is 4.71. The highest BCUT2D eigenvalue weighted by Crippen LogP contribution is 2.44. The van der Waals surface area contributed by atoms with E-state index in [-0.39, 0.29) is 5.41 Å². The van der Waals surface area contributed by atoms with E-state index >= 15 is 0 Å². The Morgan fingerprint density at radius 1 is 0.731 bits per heavy atom. The van der Waals surface area contributed by atoms with Crippen LogP contribution in [0.1, 0.15) is 48.6 Å². The van der Waals surface area contributed by atoms with Gasteiger partial charge in [-0.1, -0.05) is 39.0 Å². The van der Waals surface area contributed by atoms with Crippen molar-refractivity contribution in [3.63, 3.8) is 0 Å². The largest absolute Gasteiger partial charge is 0.256 e. The summed E-state index contributed by atoms with van der Waals surface area (Å²) in [7, 11) is 0. The van der Waals surface area contributed by atoms with Crippen molar-refractivity contribution in [1.29, 1.82) is 0 Å². The lowest BCUT2D eigenvalue weighted by Gasteiger charge is -2.30. The van der Waals surface area contributed by atoms with Crippen molar-refractivity contribution in [1.82, 2.24) is 4.98 Å². The van der Waals surface area contributed by atoms with Crippen LogP contribution in [-0.2, 0) is 31.1 Å². The monoisotopic (exact) mass is 339 g/mol. The van der Waals surface area contributed by atoms with Crippen molar-refractivity contribution in [3.05, 3.63) is 76.5 Å². The molecular formula is C25H25N. The molecule has 26 heavy (non-hydrogen) atoms.